The second-order valence-electron chi connectivity index (χ2n) is 2.12. The first-order chi connectivity index (χ1) is 4.27. The molecule has 0 saturated carbocycles. The van der Waals surface area contributed by atoms with Crippen LogP contribution >= 0.6 is 8.03 Å². The van der Waals surface area contributed by atoms with E-state index in [0.717, 1.165) is 25.7 Å². The van der Waals surface area contributed by atoms with Crippen molar-refractivity contribution in [1.29, 1.82) is 0 Å². The molecule has 0 fully saturated rings. The van der Waals surface area contributed by atoms with Gasteiger partial charge in [0.15, 0.2) is 0 Å². The van der Waals surface area contributed by atoms with Crippen LogP contribution in [-0.4, -0.2) is 6.16 Å². The summed E-state index contributed by atoms with van der Waals surface area (Å²) >= 11 is 0. The maximum absolute atomic E-state index is 10.00. The molecule has 2 nitrogen and oxygen atoms in total. The minimum Gasteiger partial charge on any atom is -0.596 e. The van der Waals surface area contributed by atoms with Crippen LogP contribution in [0.4, 0.5) is 0 Å². The van der Waals surface area contributed by atoms with E-state index in [0.29, 0.717) is 6.16 Å². The zero-order valence-electron chi connectivity index (χ0n) is 6.15. The molecule has 1 radical (unpaired) electrons. The first-order valence-electron chi connectivity index (χ1n) is 3.39. The van der Waals surface area contributed by atoms with Gasteiger partial charge in [0.05, 0.1) is 0 Å². The minimum atomic E-state index is -2.12. The SMILES string of the molecule is CCCCCC[P+](=O)[O-].[Fe+3]. The Morgan fingerprint density at radius 3 is 2.30 bits per heavy atom. The van der Waals surface area contributed by atoms with Crippen LogP contribution in [0.25, 0.3) is 0 Å². The molecule has 0 saturated heterocycles. The average Bonchev–Trinajstić information content (AvgIpc) is 1.80. The topological polar surface area (TPSA) is 40.1 Å². The summed E-state index contributed by atoms with van der Waals surface area (Å²) in [6.45, 7) is 2.11. The Kier molecular flexibility index (Phi) is 12.6. The van der Waals surface area contributed by atoms with Gasteiger partial charge in [0, 0.05) is 0 Å². The van der Waals surface area contributed by atoms with Crippen molar-refractivity contribution in [2.45, 2.75) is 32.6 Å². The van der Waals surface area contributed by atoms with Crippen molar-refractivity contribution >= 4 is 8.03 Å². The van der Waals surface area contributed by atoms with Crippen LogP contribution in [0.3, 0.4) is 0 Å². The minimum absolute atomic E-state index is 0. The van der Waals surface area contributed by atoms with Crippen LogP contribution in [-0.2, 0) is 21.6 Å². The van der Waals surface area contributed by atoms with Crippen molar-refractivity contribution in [3.63, 3.8) is 0 Å². The van der Waals surface area contributed by atoms with E-state index in [-0.39, 0.29) is 17.1 Å². The smallest absolute Gasteiger partial charge is 0.596 e. The van der Waals surface area contributed by atoms with E-state index in [4.69, 9.17) is 0 Å². The summed E-state index contributed by atoms with van der Waals surface area (Å²) < 4.78 is 10.00. The molecule has 0 rings (SSSR count). The number of hydrogen-bond donors (Lipinski definition) is 0. The van der Waals surface area contributed by atoms with E-state index in [2.05, 4.69) is 6.92 Å². The third-order valence-electron chi connectivity index (χ3n) is 1.19. The molecular weight excluding hydrogens is 191 g/mol. The van der Waals surface area contributed by atoms with Crippen molar-refractivity contribution in [1.82, 2.24) is 0 Å². The van der Waals surface area contributed by atoms with Gasteiger partial charge in [0.2, 0.25) is 0 Å². The molecule has 0 aliphatic heterocycles. The largest absolute Gasteiger partial charge is 3.00 e. The molecule has 0 amide bonds. The second-order valence-corrected chi connectivity index (χ2v) is 3.23. The number of rotatable bonds is 5. The van der Waals surface area contributed by atoms with E-state index in [1.165, 1.54) is 0 Å². The Bertz CT molecular complexity index is 87.8. The molecule has 1 unspecified atom stereocenters. The zero-order chi connectivity index (χ0) is 7.11. The fourth-order valence-corrected chi connectivity index (χ4v) is 1.15. The quantitative estimate of drug-likeness (QED) is 0.388. The van der Waals surface area contributed by atoms with E-state index in [9.17, 15) is 9.46 Å². The Hall–Kier alpha value is 0.579. The van der Waals surface area contributed by atoms with Crippen LogP contribution in [0.15, 0.2) is 0 Å². The number of hydrogen-bond acceptors (Lipinski definition) is 2. The molecule has 0 aromatic carbocycles. The van der Waals surface area contributed by atoms with Gasteiger partial charge in [0.25, 0.3) is 0 Å². The maximum Gasteiger partial charge on any atom is 3.00 e. The molecule has 0 bridgehead atoms. The standard InChI is InChI=1S/C6H13O2P.Fe/c1-2-3-4-5-6-9(7)8;/h2-6H2,1H3;/q;+3. The Morgan fingerprint density at radius 1 is 1.30 bits per heavy atom. The van der Waals surface area contributed by atoms with Crippen molar-refractivity contribution in [3.05, 3.63) is 0 Å². The van der Waals surface area contributed by atoms with Crippen LogP contribution in [0, 0.1) is 0 Å². The molecule has 0 aliphatic carbocycles. The van der Waals surface area contributed by atoms with E-state index >= 15 is 0 Å². The predicted octanol–water partition coefficient (Wildman–Crippen LogP) is 1.67. The monoisotopic (exact) mass is 204 g/mol. The molecule has 0 spiro atoms. The fraction of sp³-hybridized carbons (Fsp3) is 1.00. The Labute approximate surface area is 73.7 Å². The van der Waals surface area contributed by atoms with Crippen molar-refractivity contribution < 1.29 is 26.5 Å². The van der Waals surface area contributed by atoms with Gasteiger partial charge in [-0.05, 0) is 12.8 Å². The van der Waals surface area contributed by atoms with Crippen LogP contribution in [0.2, 0.25) is 0 Å². The molecule has 0 aliphatic rings. The van der Waals surface area contributed by atoms with Gasteiger partial charge in [-0.15, -0.1) is 0 Å². The Balaban J connectivity index is 0. The van der Waals surface area contributed by atoms with E-state index in [1.807, 2.05) is 0 Å². The van der Waals surface area contributed by atoms with Crippen molar-refractivity contribution in [3.8, 4) is 0 Å². The summed E-state index contributed by atoms with van der Waals surface area (Å²) in [7, 11) is -2.12. The van der Waals surface area contributed by atoms with Gasteiger partial charge in [0.1, 0.15) is 6.16 Å². The third kappa shape index (κ3) is 11.4. The third-order valence-corrected chi connectivity index (χ3v) is 1.88. The molecule has 0 N–H and O–H groups in total. The zero-order valence-corrected chi connectivity index (χ0v) is 8.15. The molecule has 10 heavy (non-hydrogen) atoms. The summed E-state index contributed by atoms with van der Waals surface area (Å²) in [5.74, 6) is 0. The van der Waals surface area contributed by atoms with Gasteiger partial charge >= 0.3 is 25.1 Å². The molecule has 0 aromatic rings. The summed E-state index contributed by atoms with van der Waals surface area (Å²) in [6.07, 6.45) is 4.58. The van der Waals surface area contributed by atoms with Crippen LogP contribution < -0.4 is 4.89 Å². The van der Waals surface area contributed by atoms with Gasteiger partial charge < -0.3 is 4.89 Å². The van der Waals surface area contributed by atoms with Gasteiger partial charge in [-0.3, -0.25) is 0 Å². The van der Waals surface area contributed by atoms with Gasteiger partial charge in [-0.1, -0.05) is 24.3 Å². The second kappa shape index (κ2) is 9.58. The molecule has 4 heteroatoms. The average molecular weight is 204 g/mol. The van der Waals surface area contributed by atoms with E-state index < -0.39 is 8.03 Å². The number of unbranched alkanes of at least 4 members (excludes halogenated alkanes) is 3. The normalized spacial score (nSPS) is 10.4. The maximum atomic E-state index is 10.00. The summed E-state index contributed by atoms with van der Waals surface area (Å²) in [6, 6.07) is 0. The van der Waals surface area contributed by atoms with Crippen LogP contribution in [0.5, 0.6) is 0 Å². The van der Waals surface area contributed by atoms with Gasteiger partial charge in [-0.25, -0.2) is 0 Å². The summed E-state index contributed by atoms with van der Waals surface area (Å²) in [5, 5.41) is 0. The molecule has 0 heterocycles. The summed E-state index contributed by atoms with van der Waals surface area (Å²) in [4.78, 5) is 10.00. The van der Waals surface area contributed by atoms with E-state index in [1.54, 1.807) is 0 Å². The molecule has 59 valence electrons. The molecule has 0 aromatic heterocycles. The summed E-state index contributed by atoms with van der Waals surface area (Å²) in [5.41, 5.74) is 0. The molecular formula is C6H13FeO2P+3. The first kappa shape index (κ1) is 13.2. The van der Waals surface area contributed by atoms with Gasteiger partial charge in [-0.2, -0.15) is 0 Å². The van der Waals surface area contributed by atoms with Crippen molar-refractivity contribution in [2.75, 3.05) is 6.16 Å². The first-order valence-corrected chi connectivity index (χ1v) is 4.75. The predicted molar refractivity (Wildman–Crippen MR) is 36.6 cm³/mol. The Morgan fingerprint density at radius 2 is 1.90 bits per heavy atom. The van der Waals surface area contributed by atoms with Crippen molar-refractivity contribution in [2.24, 2.45) is 0 Å². The fourth-order valence-electron chi connectivity index (χ4n) is 0.668. The van der Waals surface area contributed by atoms with Crippen LogP contribution in [0.1, 0.15) is 32.6 Å². The molecule has 1 atom stereocenters.